The van der Waals surface area contributed by atoms with Crippen molar-refractivity contribution in [3.63, 3.8) is 0 Å². The number of benzene rings is 1. The molecule has 1 aromatic carbocycles. The van der Waals surface area contributed by atoms with E-state index in [-0.39, 0.29) is 11.7 Å². The summed E-state index contributed by atoms with van der Waals surface area (Å²) in [6.45, 7) is 9.01. The minimum absolute atomic E-state index is 0.0609. The van der Waals surface area contributed by atoms with Crippen LogP contribution in [0, 0.1) is 6.92 Å². The molecule has 0 atom stereocenters. The van der Waals surface area contributed by atoms with Crippen LogP contribution >= 0.6 is 11.8 Å². The Kier molecular flexibility index (Phi) is 6.46. The van der Waals surface area contributed by atoms with Crippen molar-refractivity contribution in [3.05, 3.63) is 53.9 Å². The van der Waals surface area contributed by atoms with Crippen LogP contribution in [-0.2, 0) is 11.3 Å². The minimum atomic E-state index is -0.0609. The van der Waals surface area contributed by atoms with Gasteiger partial charge < -0.3 is 9.88 Å². The monoisotopic (exact) mass is 395 g/mol. The molecule has 7 heteroatoms. The Morgan fingerprint density at radius 2 is 1.93 bits per heavy atom. The first-order valence-electron chi connectivity index (χ1n) is 9.36. The molecule has 0 bridgehead atoms. The number of anilines is 1. The molecule has 6 nitrogen and oxygen atoms in total. The fourth-order valence-corrected chi connectivity index (χ4v) is 3.66. The van der Waals surface area contributed by atoms with Crippen molar-refractivity contribution < 1.29 is 4.79 Å². The molecular formula is C21H25N5OS. The van der Waals surface area contributed by atoms with E-state index < -0.39 is 0 Å². The van der Waals surface area contributed by atoms with Gasteiger partial charge >= 0.3 is 0 Å². The van der Waals surface area contributed by atoms with Crippen LogP contribution < -0.4 is 5.32 Å². The maximum Gasteiger partial charge on any atom is 0.234 e. The van der Waals surface area contributed by atoms with E-state index in [0.717, 1.165) is 34.5 Å². The van der Waals surface area contributed by atoms with Crippen LogP contribution in [0.1, 0.15) is 37.9 Å². The number of pyridine rings is 1. The second-order valence-corrected chi connectivity index (χ2v) is 7.79. The van der Waals surface area contributed by atoms with Crippen LogP contribution in [0.15, 0.2) is 47.8 Å². The van der Waals surface area contributed by atoms with Gasteiger partial charge in [0.2, 0.25) is 5.91 Å². The van der Waals surface area contributed by atoms with Crippen molar-refractivity contribution in [1.29, 1.82) is 0 Å². The highest BCUT2D eigenvalue weighted by Gasteiger charge is 2.15. The summed E-state index contributed by atoms with van der Waals surface area (Å²) in [6, 6.07) is 11.9. The molecule has 0 saturated heterocycles. The summed E-state index contributed by atoms with van der Waals surface area (Å²) in [6.07, 6.45) is 1.77. The number of aryl methyl sites for hydroxylation is 1. The van der Waals surface area contributed by atoms with E-state index in [9.17, 15) is 4.79 Å². The molecular weight excluding hydrogens is 370 g/mol. The molecule has 3 rings (SSSR count). The topological polar surface area (TPSA) is 72.7 Å². The van der Waals surface area contributed by atoms with E-state index in [1.807, 2.05) is 54.8 Å². The van der Waals surface area contributed by atoms with Crippen LogP contribution in [0.5, 0.6) is 0 Å². The van der Waals surface area contributed by atoms with Crippen LogP contribution in [0.3, 0.4) is 0 Å². The van der Waals surface area contributed by atoms with Gasteiger partial charge in [0.15, 0.2) is 11.0 Å². The summed E-state index contributed by atoms with van der Waals surface area (Å²) in [5.41, 5.74) is 3.96. The van der Waals surface area contributed by atoms with E-state index in [2.05, 4.69) is 34.3 Å². The number of hydrogen-bond acceptors (Lipinski definition) is 5. The molecule has 2 heterocycles. The highest BCUT2D eigenvalue weighted by molar-refractivity contribution is 7.99. The van der Waals surface area contributed by atoms with Crippen molar-refractivity contribution in [3.8, 4) is 11.4 Å². The number of nitrogens with zero attached hydrogens (tertiary/aromatic N) is 4. The first-order chi connectivity index (χ1) is 13.5. The average molecular weight is 396 g/mol. The lowest BCUT2D eigenvalue weighted by molar-refractivity contribution is -0.113. The zero-order valence-corrected chi connectivity index (χ0v) is 17.5. The Labute approximate surface area is 169 Å². The molecule has 0 fully saturated rings. The number of aromatic nitrogens is 4. The van der Waals surface area contributed by atoms with Crippen molar-refractivity contribution in [2.24, 2.45) is 0 Å². The lowest BCUT2D eigenvalue weighted by Gasteiger charge is -2.09. The Morgan fingerprint density at radius 1 is 1.18 bits per heavy atom. The molecule has 0 aliphatic rings. The molecule has 2 aromatic heterocycles. The predicted molar refractivity (Wildman–Crippen MR) is 114 cm³/mol. The van der Waals surface area contributed by atoms with Gasteiger partial charge in [-0.05, 0) is 49.6 Å². The van der Waals surface area contributed by atoms with Gasteiger partial charge in [-0.15, -0.1) is 10.2 Å². The zero-order valence-electron chi connectivity index (χ0n) is 16.6. The molecule has 1 amide bonds. The number of hydrogen-bond donors (Lipinski definition) is 1. The van der Waals surface area contributed by atoms with Gasteiger partial charge in [0, 0.05) is 29.7 Å². The third-order valence-corrected chi connectivity index (χ3v) is 5.35. The Balaban J connectivity index is 1.65. The molecule has 0 unspecified atom stereocenters. The average Bonchev–Trinajstić information content (AvgIpc) is 3.09. The van der Waals surface area contributed by atoms with Gasteiger partial charge in [-0.1, -0.05) is 37.7 Å². The van der Waals surface area contributed by atoms with Crippen molar-refractivity contribution in [1.82, 2.24) is 19.7 Å². The highest BCUT2D eigenvalue weighted by atomic mass is 32.2. The smallest absolute Gasteiger partial charge is 0.234 e. The molecule has 146 valence electrons. The quantitative estimate of drug-likeness (QED) is 0.595. The number of rotatable bonds is 7. The van der Waals surface area contributed by atoms with Gasteiger partial charge in [0.25, 0.3) is 0 Å². The van der Waals surface area contributed by atoms with Gasteiger partial charge in [0.1, 0.15) is 0 Å². The standard InChI is InChI=1S/C21H25N5OS/c1-5-26-20(17-10-11-22-15(4)12-17)24-25-21(26)28-13-19(27)23-18-8-6-16(7-9-18)14(2)3/h6-12,14H,5,13H2,1-4H3,(H,23,27). The lowest BCUT2D eigenvalue weighted by atomic mass is 10.0. The molecule has 1 N–H and O–H groups in total. The van der Waals surface area contributed by atoms with Crippen LogP contribution in [0.25, 0.3) is 11.4 Å². The molecule has 28 heavy (non-hydrogen) atoms. The normalized spacial score (nSPS) is 11.0. The van der Waals surface area contributed by atoms with E-state index in [4.69, 9.17) is 0 Å². The molecule has 0 aliphatic heterocycles. The third kappa shape index (κ3) is 4.78. The fourth-order valence-electron chi connectivity index (χ4n) is 2.86. The van der Waals surface area contributed by atoms with Gasteiger partial charge in [0.05, 0.1) is 5.75 Å². The summed E-state index contributed by atoms with van der Waals surface area (Å²) in [7, 11) is 0. The maximum atomic E-state index is 12.3. The van der Waals surface area contributed by atoms with Crippen LogP contribution in [-0.4, -0.2) is 31.4 Å². The summed E-state index contributed by atoms with van der Waals surface area (Å²) in [5, 5.41) is 12.3. The van der Waals surface area contributed by atoms with E-state index in [1.54, 1.807) is 6.20 Å². The second-order valence-electron chi connectivity index (χ2n) is 6.85. The number of nitrogens with one attached hydrogen (secondary N) is 1. The van der Waals surface area contributed by atoms with Crippen molar-refractivity contribution in [2.45, 2.75) is 45.3 Å². The molecule has 3 aromatic rings. The summed E-state index contributed by atoms with van der Waals surface area (Å²) in [4.78, 5) is 16.6. The first kappa shape index (κ1) is 20.1. The van der Waals surface area contributed by atoms with E-state index >= 15 is 0 Å². The number of thioether (sulfide) groups is 1. The SMILES string of the molecule is CCn1c(SCC(=O)Nc2ccc(C(C)C)cc2)nnc1-c1ccnc(C)c1. The van der Waals surface area contributed by atoms with Crippen molar-refractivity contribution >= 4 is 23.4 Å². The first-order valence-corrected chi connectivity index (χ1v) is 10.3. The maximum absolute atomic E-state index is 12.3. The van der Waals surface area contributed by atoms with E-state index in [0.29, 0.717) is 5.92 Å². The molecule has 0 radical (unpaired) electrons. The molecule has 0 spiro atoms. The van der Waals surface area contributed by atoms with Crippen molar-refractivity contribution in [2.75, 3.05) is 11.1 Å². The highest BCUT2D eigenvalue weighted by Crippen LogP contribution is 2.24. The van der Waals surface area contributed by atoms with Gasteiger partial charge in [-0.3, -0.25) is 9.78 Å². The van der Waals surface area contributed by atoms with Crippen LogP contribution in [0.2, 0.25) is 0 Å². The number of carbonyl (C=O) groups is 1. The Hall–Kier alpha value is -2.67. The predicted octanol–water partition coefficient (Wildman–Crippen LogP) is 4.52. The summed E-state index contributed by atoms with van der Waals surface area (Å²) < 4.78 is 2.02. The number of carbonyl (C=O) groups excluding carboxylic acids is 1. The van der Waals surface area contributed by atoms with Crippen LogP contribution in [0.4, 0.5) is 5.69 Å². The summed E-state index contributed by atoms with van der Waals surface area (Å²) >= 11 is 1.39. The largest absolute Gasteiger partial charge is 0.325 e. The minimum Gasteiger partial charge on any atom is -0.325 e. The van der Waals surface area contributed by atoms with Gasteiger partial charge in [-0.2, -0.15) is 0 Å². The number of amides is 1. The fraction of sp³-hybridized carbons (Fsp3) is 0.333. The lowest BCUT2D eigenvalue weighted by Crippen LogP contribution is -2.14. The Bertz CT molecular complexity index is 950. The molecule has 0 saturated carbocycles. The second kappa shape index (κ2) is 9.01. The Morgan fingerprint density at radius 3 is 2.57 bits per heavy atom. The zero-order chi connectivity index (χ0) is 20.1. The third-order valence-electron chi connectivity index (χ3n) is 4.38. The molecule has 0 aliphatic carbocycles. The van der Waals surface area contributed by atoms with E-state index in [1.165, 1.54) is 17.3 Å². The summed E-state index contributed by atoms with van der Waals surface area (Å²) in [5.74, 6) is 1.48. The van der Waals surface area contributed by atoms with Gasteiger partial charge in [-0.25, -0.2) is 0 Å².